The topological polar surface area (TPSA) is 74.4 Å². The highest BCUT2D eigenvalue weighted by Gasteiger charge is 2.35. The molecule has 1 amide bonds. The quantitative estimate of drug-likeness (QED) is 0.776. The Balaban J connectivity index is 1.89. The zero-order valence-electron chi connectivity index (χ0n) is 16.6. The Morgan fingerprint density at radius 3 is 2.56 bits per heavy atom. The van der Waals surface area contributed by atoms with Crippen LogP contribution in [0.1, 0.15) is 41.3 Å². The van der Waals surface area contributed by atoms with Crippen LogP contribution in [0.25, 0.3) is 0 Å². The zero-order valence-corrected chi connectivity index (χ0v) is 17.4. The summed E-state index contributed by atoms with van der Waals surface area (Å²) >= 11 is 6.27. The van der Waals surface area contributed by atoms with Crippen molar-refractivity contribution in [2.45, 2.75) is 46.1 Å². The Labute approximate surface area is 164 Å². The molecule has 3 rings (SSSR count). The third-order valence-corrected chi connectivity index (χ3v) is 5.01. The number of hydrogen-bond acceptors (Lipinski definition) is 5. The monoisotopic (exact) mass is 395 g/mol. The molecule has 1 aliphatic rings. The van der Waals surface area contributed by atoms with E-state index in [1.54, 1.807) is 27.5 Å². The van der Waals surface area contributed by atoms with Crippen LogP contribution in [0, 0.1) is 13.8 Å². The average Bonchev–Trinajstić information content (AvgIpc) is 3.15. The lowest BCUT2D eigenvalue weighted by atomic mass is 10.1. The number of rotatable bonds is 5. The van der Waals surface area contributed by atoms with E-state index in [1.165, 1.54) is 0 Å². The van der Waals surface area contributed by atoms with Gasteiger partial charge in [-0.25, -0.2) is 0 Å². The van der Waals surface area contributed by atoms with Crippen LogP contribution in [-0.2, 0) is 30.1 Å². The SMILES string of the molecule is Cc1nn(C)c(C)c1C(=O)N(Cc1nn(C)cc1Cl)C[C@@H]1COC(C)(C)O1. The molecular weight excluding hydrogens is 370 g/mol. The lowest BCUT2D eigenvalue weighted by Crippen LogP contribution is -2.39. The van der Waals surface area contributed by atoms with Crippen LogP contribution in [0.4, 0.5) is 0 Å². The molecule has 0 aliphatic carbocycles. The summed E-state index contributed by atoms with van der Waals surface area (Å²) < 4.78 is 14.9. The molecule has 0 N–H and O–H groups in total. The maximum atomic E-state index is 13.4. The number of nitrogens with zero attached hydrogens (tertiary/aromatic N) is 5. The first kappa shape index (κ1) is 19.9. The second kappa shape index (κ2) is 7.26. The Morgan fingerprint density at radius 1 is 1.37 bits per heavy atom. The molecule has 2 aromatic heterocycles. The van der Waals surface area contributed by atoms with Gasteiger partial charge in [0.2, 0.25) is 0 Å². The largest absolute Gasteiger partial charge is 0.348 e. The molecule has 0 saturated carbocycles. The van der Waals surface area contributed by atoms with E-state index in [0.29, 0.717) is 35.1 Å². The van der Waals surface area contributed by atoms with E-state index in [2.05, 4.69) is 10.2 Å². The van der Waals surface area contributed by atoms with Gasteiger partial charge >= 0.3 is 0 Å². The summed E-state index contributed by atoms with van der Waals surface area (Å²) in [5, 5.41) is 9.27. The van der Waals surface area contributed by atoms with Crippen LogP contribution in [-0.4, -0.2) is 55.4 Å². The second-order valence-electron chi connectivity index (χ2n) is 7.40. The highest BCUT2D eigenvalue weighted by Crippen LogP contribution is 2.25. The molecule has 1 aliphatic heterocycles. The molecular formula is C18H26ClN5O3. The van der Waals surface area contributed by atoms with Gasteiger partial charge < -0.3 is 14.4 Å². The maximum Gasteiger partial charge on any atom is 0.258 e. The van der Waals surface area contributed by atoms with E-state index in [1.807, 2.05) is 34.7 Å². The predicted octanol–water partition coefficient (Wildman–Crippen LogP) is 2.22. The van der Waals surface area contributed by atoms with Crippen molar-refractivity contribution in [2.75, 3.05) is 13.2 Å². The van der Waals surface area contributed by atoms with E-state index in [9.17, 15) is 4.79 Å². The molecule has 0 bridgehead atoms. The highest BCUT2D eigenvalue weighted by molar-refractivity contribution is 6.31. The van der Waals surface area contributed by atoms with Crippen molar-refractivity contribution < 1.29 is 14.3 Å². The number of halogens is 1. The van der Waals surface area contributed by atoms with Crippen molar-refractivity contribution in [3.05, 3.63) is 33.9 Å². The third-order valence-electron chi connectivity index (χ3n) is 4.70. The summed E-state index contributed by atoms with van der Waals surface area (Å²) in [7, 11) is 3.63. The molecule has 8 nitrogen and oxygen atoms in total. The van der Waals surface area contributed by atoms with Gasteiger partial charge in [-0.05, 0) is 27.7 Å². The van der Waals surface area contributed by atoms with Crippen LogP contribution in [0.5, 0.6) is 0 Å². The van der Waals surface area contributed by atoms with Gasteiger partial charge in [0, 0.05) is 26.0 Å². The number of aromatic nitrogens is 4. The van der Waals surface area contributed by atoms with Gasteiger partial charge in [-0.2, -0.15) is 10.2 Å². The summed E-state index contributed by atoms with van der Waals surface area (Å²) in [4.78, 5) is 15.1. The van der Waals surface area contributed by atoms with Gasteiger partial charge in [-0.1, -0.05) is 11.6 Å². The van der Waals surface area contributed by atoms with E-state index < -0.39 is 5.79 Å². The fourth-order valence-electron chi connectivity index (χ4n) is 3.35. The molecule has 27 heavy (non-hydrogen) atoms. The van der Waals surface area contributed by atoms with Crippen LogP contribution >= 0.6 is 11.6 Å². The first-order valence-corrected chi connectivity index (χ1v) is 9.24. The number of carbonyl (C=O) groups excluding carboxylic acids is 1. The van der Waals surface area contributed by atoms with Gasteiger partial charge in [0.05, 0.1) is 36.0 Å². The van der Waals surface area contributed by atoms with Crippen molar-refractivity contribution in [1.82, 2.24) is 24.5 Å². The summed E-state index contributed by atoms with van der Waals surface area (Å²) in [5.74, 6) is -0.768. The normalized spacial score (nSPS) is 18.9. The molecule has 1 fully saturated rings. The minimum atomic E-state index is -0.651. The van der Waals surface area contributed by atoms with Crippen molar-refractivity contribution in [3.8, 4) is 0 Å². The molecule has 148 valence electrons. The Kier molecular flexibility index (Phi) is 5.33. The first-order chi connectivity index (χ1) is 12.6. The van der Waals surface area contributed by atoms with Gasteiger partial charge in [0.15, 0.2) is 5.79 Å². The lowest BCUT2D eigenvalue weighted by Gasteiger charge is -2.25. The molecule has 2 aromatic rings. The lowest BCUT2D eigenvalue weighted by molar-refractivity contribution is -0.139. The van der Waals surface area contributed by atoms with E-state index in [4.69, 9.17) is 21.1 Å². The Hall–Kier alpha value is -1.90. The Bertz CT molecular complexity index is 858. The summed E-state index contributed by atoms with van der Waals surface area (Å²) in [6.45, 7) is 8.55. The number of aryl methyl sites for hydroxylation is 3. The van der Waals surface area contributed by atoms with Crippen molar-refractivity contribution in [2.24, 2.45) is 14.1 Å². The van der Waals surface area contributed by atoms with Gasteiger partial charge in [0.1, 0.15) is 11.8 Å². The number of ether oxygens (including phenoxy) is 2. The Morgan fingerprint density at radius 2 is 2.07 bits per heavy atom. The minimum absolute atomic E-state index is 0.117. The molecule has 1 atom stereocenters. The van der Waals surface area contributed by atoms with Crippen LogP contribution < -0.4 is 0 Å². The third kappa shape index (κ3) is 4.17. The molecule has 1 saturated heterocycles. The fourth-order valence-corrected chi connectivity index (χ4v) is 3.59. The fraction of sp³-hybridized carbons (Fsp3) is 0.611. The summed E-state index contributed by atoms with van der Waals surface area (Å²) in [6, 6.07) is 0. The maximum absolute atomic E-state index is 13.4. The van der Waals surface area contributed by atoms with Crippen LogP contribution in [0.3, 0.4) is 0 Å². The first-order valence-electron chi connectivity index (χ1n) is 8.86. The smallest absolute Gasteiger partial charge is 0.258 e. The van der Waals surface area contributed by atoms with E-state index in [0.717, 1.165) is 5.69 Å². The summed E-state index contributed by atoms with van der Waals surface area (Å²) in [5.41, 5.74) is 2.76. The molecule has 9 heteroatoms. The van der Waals surface area contributed by atoms with Crippen molar-refractivity contribution >= 4 is 17.5 Å². The summed E-state index contributed by atoms with van der Waals surface area (Å²) in [6.07, 6.45) is 1.50. The predicted molar refractivity (Wildman–Crippen MR) is 101 cm³/mol. The molecule has 0 radical (unpaired) electrons. The number of amides is 1. The standard InChI is InChI=1S/C18H26ClN5O3/c1-11-16(12(2)23(6)20-11)17(25)24(7-13-10-26-18(3,4)27-13)9-15-14(19)8-22(5)21-15/h8,13H,7,9-10H2,1-6H3/t13-/m1/s1. The zero-order chi connectivity index (χ0) is 19.9. The molecule has 0 spiro atoms. The van der Waals surface area contributed by atoms with E-state index >= 15 is 0 Å². The number of carbonyl (C=O) groups is 1. The molecule has 0 aromatic carbocycles. The second-order valence-corrected chi connectivity index (χ2v) is 7.81. The van der Waals surface area contributed by atoms with Crippen LogP contribution in [0.2, 0.25) is 5.02 Å². The molecule has 0 unspecified atom stereocenters. The van der Waals surface area contributed by atoms with Crippen LogP contribution in [0.15, 0.2) is 6.20 Å². The minimum Gasteiger partial charge on any atom is -0.348 e. The highest BCUT2D eigenvalue weighted by atomic mass is 35.5. The van der Waals surface area contributed by atoms with E-state index in [-0.39, 0.29) is 18.6 Å². The van der Waals surface area contributed by atoms with Gasteiger partial charge in [0.25, 0.3) is 5.91 Å². The van der Waals surface area contributed by atoms with Gasteiger partial charge in [-0.3, -0.25) is 14.2 Å². The van der Waals surface area contributed by atoms with Crippen molar-refractivity contribution in [3.63, 3.8) is 0 Å². The van der Waals surface area contributed by atoms with Gasteiger partial charge in [-0.15, -0.1) is 0 Å². The average molecular weight is 396 g/mol. The van der Waals surface area contributed by atoms with Crippen molar-refractivity contribution in [1.29, 1.82) is 0 Å². The number of hydrogen-bond donors (Lipinski definition) is 0. The molecule has 3 heterocycles.